The average molecular weight is 357 g/mol. The second kappa shape index (κ2) is 8.10. The minimum Gasteiger partial charge on any atom is -0.454 e. The summed E-state index contributed by atoms with van der Waals surface area (Å²) in [5.74, 6) is -0.167. The van der Waals surface area contributed by atoms with Crippen molar-refractivity contribution in [2.45, 2.75) is 19.6 Å². The lowest BCUT2D eigenvalue weighted by Gasteiger charge is -2.09. The molecule has 23 heavy (non-hydrogen) atoms. The smallest absolute Gasteiger partial charge is 0.335 e. The van der Waals surface area contributed by atoms with Gasteiger partial charge in [0.05, 0.1) is 17.2 Å². The summed E-state index contributed by atoms with van der Waals surface area (Å²) < 4.78 is 15.6. The van der Waals surface area contributed by atoms with Crippen LogP contribution in [0, 0.1) is 0 Å². The number of rotatable bonds is 7. The topological polar surface area (TPSA) is 74.5 Å². The van der Waals surface area contributed by atoms with E-state index >= 15 is 0 Å². The van der Waals surface area contributed by atoms with Gasteiger partial charge < -0.3 is 13.9 Å². The van der Waals surface area contributed by atoms with E-state index in [0.29, 0.717) is 15.6 Å². The van der Waals surface area contributed by atoms with E-state index in [-0.39, 0.29) is 25.0 Å². The van der Waals surface area contributed by atoms with Crippen LogP contribution in [0.15, 0.2) is 35.3 Å². The number of hydrogen-bond donors (Lipinski definition) is 0. The van der Waals surface area contributed by atoms with Crippen LogP contribution >= 0.6 is 23.2 Å². The monoisotopic (exact) mass is 356 g/mol. The van der Waals surface area contributed by atoms with Crippen molar-refractivity contribution in [3.05, 3.63) is 46.8 Å². The van der Waals surface area contributed by atoms with Gasteiger partial charge in [0.25, 0.3) is 5.89 Å². The van der Waals surface area contributed by atoms with Gasteiger partial charge in [-0.3, -0.25) is 0 Å². The minimum atomic E-state index is -0.707. The van der Waals surface area contributed by atoms with Crippen molar-refractivity contribution < 1.29 is 18.7 Å². The number of aromatic nitrogens is 2. The van der Waals surface area contributed by atoms with Gasteiger partial charge in [0, 0.05) is 5.02 Å². The number of nitrogens with zero attached hydrogens (tertiary/aromatic N) is 2. The fourth-order valence-electron chi connectivity index (χ4n) is 1.61. The summed E-state index contributed by atoms with van der Waals surface area (Å²) in [4.78, 5) is 11.7. The second-order valence-corrected chi connectivity index (χ2v) is 5.34. The molecule has 0 saturated heterocycles. The van der Waals surface area contributed by atoms with Crippen LogP contribution in [0.25, 0.3) is 11.5 Å². The van der Waals surface area contributed by atoms with Gasteiger partial charge in [-0.1, -0.05) is 29.3 Å². The first-order chi connectivity index (χ1) is 11.0. The van der Waals surface area contributed by atoms with Crippen molar-refractivity contribution in [1.29, 1.82) is 0 Å². The number of ether oxygens (including phenoxy) is 2. The largest absolute Gasteiger partial charge is 0.454 e. The van der Waals surface area contributed by atoms with Gasteiger partial charge in [-0.25, -0.2) is 4.79 Å². The minimum absolute atomic E-state index is 0.148. The molecular weight excluding hydrogens is 343 g/mol. The number of esters is 1. The lowest BCUT2D eigenvalue weighted by molar-refractivity contribution is -0.157. The molecule has 2 aromatic rings. The molecule has 1 aromatic carbocycles. The summed E-state index contributed by atoms with van der Waals surface area (Å²) in [5.41, 5.74) is 0.545. The third kappa shape index (κ3) is 4.79. The predicted octanol–water partition coefficient (Wildman–Crippen LogP) is 3.68. The van der Waals surface area contributed by atoms with Crippen molar-refractivity contribution in [1.82, 2.24) is 10.2 Å². The maximum Gasteiger partial charge on any atom is 0.335 e. The molecule has 6 nitrogen and oxygen atoms in total. The van der Waals surface area contributed by atoms with Gasteiger partial charge in [0.15, 0.2) is 12.7 Å². The Labute approximate surface area is 143 Å². The Kier molecular flexibility index (Phi) is 6.15. The maximum atomic E-state index is 11.7. The maximum absolute atomic E-state index is 11.7. The van der Waals surface area contributed by atoms with E-state index in [2.05, 4.69) is 16.8 Å². The Balaban J connectivity index is 1.97. The highest BCUT2D eigenvalue weighted by molar-refractivity contribution is 6.36. The van der Waals surface area contributed by atoms with Crippen molar-refractivity contribution >= 4 is 29.2 Å². The van der Waals surface area contributed by atoms with E-state index < -0.39 is 12.1 Å². The van der Waals surface area contributed by atoms with E-state index in [9.17, 15) is 4.79 Å². The lowest BCUT2D eigenvalue weighted by atomic mass is 10.2. The Morgan fingerprint density at radius 3 is 2.91 bits per heavy atom. The molecule has 2 rings (SSSR count). The fraction of sp³-hybridized carbons (Fsp3) is 0.267. The third-order valence-corrected chi connectivity index (χ3v) is 3.31. The molecule has 0 amide bonds. The van der Waals surface area contributed by atoms with Gasteiger partial charge in [0.2, 0.25) is 5.89 Å². The van der Waals surface area contributed by atoms with Crippen molar-refractivity contribution in [2.24, 2.45) is 0 Å². The van der Waals surface area contributed by atoms with E-state index in [1.807, 2.05) is 0 Å². The van der Waals surface area contributed by atoms with Crippen LogP contribution in [-0.2, 0) is 20.9 Å². The van der Waals surface area contributed by atoms with Crippen molar-refractivity contribution in [3.8, 4) is 11.5 Å². The molecule has 1 atom stereocenters. The molecule has 8 heteroatoms. The fourth-order valence-corrected chi connectivity index (χ4v) is 2.10. The number of carbonyl (C=O) groups is 1. The average Bonchev–Trinajstić information content (AvgIpc) is 2.98. The summed E-state index contributed by atoms with van der Waals surface area (Å²) >= 11 is 11.9. The SMILES string of the molecule is C=CCOC(C)C(=O)OCc1nnc(-c2ccc(Cl)cc2Cl)o1. The highest BCUT2D eigenvalue weighted by Crippen LogP contribution is 2.29. The molecule has 0 saturated carbocycles. The Morgan fingerprint density at radius 2 is 2.22 bits per heavy atom. The highest BCUT2D eigenvalue weighted by atomic mass is 35.5. The van der Waals surface area contributed by atoms with Crippen molar-refractivity contribution in [2.75, 3.05) is 6.61 Å². The van der Waals surface area contributed by atoms with Crippen LogP contribution in [0.1, 0.15) is 12.8 Å². The predicted molar refractivity (Wildman–Crippen MR) is 85.2 cm³/mol. The molecule has 0 bridgehead atoms. The first kappa shape index (κ1) is 17.5. The standard InChI is InChI=1S/C15H14Cl2N2O4/c1-3-6-21-9(2)15(20)22-8-13-18-19-14(23-13)11-5-4-10(16)7-12(11)17/h3-5,7,9H,1,6,8H2,2H3. The van der Waals surface area contributed by atoms with Crippen LogP contribution in [0.4, 0.5) is 0 Å². The molecule has 1 unspecified atom stereocenters. The number of hydrogen-bond acceptors (Lipinski definition) is 6. The molecular formula is C15H14Cl2N2O4. The number of carbonyl (C=O) groups excluding carboxylic acids is 1. The molecule has 1 heterocycles. The van der Waals surface area contributed by atoms with E-state index in [1.165, 1.54) is 0 Å². The molecule has 0 aliphatic rings. The normalized spacial score (nSPS) is 12.0. The molecule has 0 fully saturated rings. The summed E-state index contributed by atoms with van der Waals surface area (Å²) in [5, 5.41) is 8.56. The number of benzene rings is 1. The summed E-state index contributed by atoms with van der Waals surface area (Å²) in [7, 11) is 0. The van der Waals surface area contributed by atoms with Crippen LogP contribution in [-0.4, -0.2) is 28.9 Å². The summed E-state index contributed by atoms with van der Waals surface area (Å²) in [6.07, 6.45) is 0.838. The molecule has 0 aliphatic heterocycles. The summed E-state index contributed by atoms with van der Waals surface area (Å²) in [6.45, 7) is 5.19. The molecule has 0 radical (unpaired) electrons. The first-order valence-corrected chi connectivity index (χ1v) is 7.43. The Bertz CT molecular complexity index is 703. The van der Waals surface area contributed by atoms with Gasteiger partial charge in [-0.2, -0.15) is 0 Å². The van der Waals surface area contributed by atoms with E-state index in [4.69, 9.17) is 37.1 Å². The zero-order valence-corrected chi connectivity index (χ0v) is 13.8. The van der Waals surface area contributed by atoms with Gasteiger partial charge in [-0.05, 0) is 25.1 Å². The Hall–Kier alpha value is -1.89. The van der Waals surface area contributed by atoms with Gasteiger partial charge >= 0.3 is 5.97 Å². The van der Waals surface area contributed by atoms with Crippen LogP contribution in [0.5, 0.6) is 0 Å². The molecule has 0 N–H and O–H groups in total. The zero-order chi connectivity index (χ0) is 16.8. The van der Waals surface area contributed by atoms with Gasteiger partial charge in [0.1, 0.15) is 0 Å². The first-order valence-electron chi connectivity index (χ1n) is 6.68. The van der Waals surface area contributed by atoms with Crippen molar-refractivity contribution in [3.63, 3.8) is 0 Å². The van der Waals surface area contributed by atoms with E-state index in [0.717, 1.165) is 0 Å². The van der Waals surface area contributed by atoms with Crippen LogP contribution in [0.3, 0.4) is 0 Å². The van der Waals surface area contributed by atoms with Crippen LogP contribution in [0.2, 0.25) is 10.0 Å². The van der Waals surface area contributed by atoms with Crippen LogP contribution < -0.4 is 0 Å². The van der Waals surface area contributed by atoms with Gasteiger partial charge in [-0.15, -0.1) is 16.8 Å². The molecule has 122 valence electrons. The molecule has 1 aromatic heterocycles. The zero-order valence-electron chi connectivity index (χ0n) is 12.3. The third-order valence-electron chi connectivity index (χ3n) is 2.76. The molecule has 0 aliphatic carbocycles. The summed E-state index contributed by atoms with van der Waals surface area (Å²) in [6, 6.07) is 4.89. The Morgan fingerprint density at radius 1 is 1.43 bits per heavy atom. The lowest BCUT2D eigenvalue weighted by Crippen LogP contribution is -2.23. The molecule has 0 spiro atoms. The van der Waals surface area contributed by atoms with E-state index in [1.54, 1.807) is 31.2 Å². The highest BCUT2D eigenvalue weighted by Gasteiger charge is 2.17. The second-order valence-electron chi connectivity index (χ2n) is 4.50. The quantitative estimate of drug-likeness (QED) is 0.556. The number of halogens is 2.